The van der Waals surface area contributed by atoms with Gasteiger partial charge in [-0.05, 0) is 23.9 Å². The zero-order valence-electron chi connectivity index (χ0n) is 5.94. The SMILES string of the molecule is Cc1ccsc1C(O)C(=O)O. The molecule has 0 aliphatic heterocycles. The number of rotatable bonds is 2. The summed E-state index contributed by atoms with van der Waals surface area (Å²) in [6.45, 7) is 1.78. The summed E-state index contributed by atoms with van der Waals surface area (Å²) in [5.41, 5.74) is 0.824. The van der Waals surface area contributed by atoms with Crippen LogP contribution in [-0.4, -0.2) is 16.2 Å². The first kappa shape index (κ1) is 8.23. The van der Waals surface area contributed by atoms with Crippen LogP contribution in [0.25, 0.3) is 0 Å². The molecule has 0 saturated carbocycles. The first-order chi connectivity index (χ1) is 5.13. The van der Waals surface area contributed by atoms with Gasteiger partial charge in [0.05, 0.1) is 0 Å². The van der Waals surface area contributed by atoms with E-state index in [-0.39, 0.29) is 0 Å². The molecule has 4 heteroatoms. The zero-order chi connectivity index (χ0) is 8.43. The lowest BCUT2D eigenvalue weighted by molar-refractivity contribution is -0.146. The summed E-state index contributed by atoms with van der Waals surface area (Å²) in [6.07, 6.45) is -1.37. The number of aliphatic carboxylic acids is 1. The monoisotopic (exact) mass is 172 g/mol. The Kier molecular flexibility index (Phi) is 2.26. The maximum absolute atomic E-state index is 10.3. The molecule has 1 atom stereocenters. The first-order valence-corrected chi connectivity index (χ1v) is 3.95. The van der Waals surface area contributed by atoms with Crippen molar-refractivity contribution in [3.05, 3.63) is 21.9 Å². The van der Waals surface area contributed by atoms with Crippen molar-refractivity contribution in [2.75, 3.05) is 0 Å². The lowest BCUT2D eigenvalue weighted by Crippen LogP contribution is -2.09. The van der Waals surface area contributed by atoms with Gasteiger partial charge >= 0.3 is 5.97 Å². The number of aliphatic hydroxyl groups excluding tert-OH is 1. The molecule has 2 N–H and O–H groups in total. The molecule has 0 fully saturated rings. The van der Waals surface area contributed by atoms with Crippen molar-refractivity contribution >= 4 is 17.3 Å². The van der Waals surface area contributed by atoms with Gasteiger partial charge in [-0.15, -0.1) is 11.3 Å². The van der Waals surface area contributed by atoms with Gasteiger partial charge in [0.15, 0.2) is 6.10 Å². The quantitative estimate of drug-likeness (QED) is 0.704. The highest BCUT2D eigenvalue weighted by Gasteiger charge is 2.18. The molecule has 11 heavy (non-hydrogen) atoms. The van der Waals surface area contributed by atoms with E-state index in [1.54, 1.807) is 18.4 Å². The predicted molar refractivity (Wildman–Crippen MR) is 41.7 cm³/mol. The molecular formula is C7H8O3S. The van der Waals surface area contributed by atoms with Gasteiger partial charge in [-0.1, -0.05) is 0 Å². The van der Waals surface area contributed by atoms with Crippen LogP contribution in [0.3, 0.4) is 0 Å². The predicted octanol–water partition coefficient (Wildman–Crippen LogP) is 1.17. The largest absolute Gasteiger partial charge is 0.479 e. The highest BCUT2D eigenvalue weighted by molar-refractivity contribution is 7.10. The van der Waals surface area contributed by atoms with Gasteiger partial charge in [0, 0.05) is 4.88 Å². The van der Waals surface area contributed by atoms with E-state index in [0.717, 1.165) is 5.56 Å². The number of aliphatic hydroxyl groups is 1. The van der Waals surface area contributed by atoms with E-state index in [9.17, 15) is 4.79 Å². The first-order valence-electron chi connectivity index (χ1n) is 3.08. The number of carbonyl (C=O) groups is 1. The summed E-state index contributed by atoms with van der Waals surface area (Å²) < 4.78 is 0. The highest BCUT2D eigenvalue weighted by atomic mass is 32.1. The Balaban J connectivity index is 2.92. The van der Waals surface area contributed by atoms with Gasteiger partial charge in [0.1, 0.15) is 0 Å². The topological polar surface area (TPSA) is 57.5 Å². The van der Waals surface area contributed by atoms with Gasteiger partial charge in [-0.2, -0.15) is 0 Å². The lowest BCUT2D eigenvalue weighted by Gasteiger charge is -2.02. The molecule has 60 valence electrons. The molecular weight excluding hydrogens is 164 g/mol. The van der Waals surface area contributed by atoms with Gasteiger partial charge in [-0.3, -0.25) is 0 Å². The maximum atomic E-state index is 10.3. The van der Waals surface area contributed by atoms with Crippen LogP contribution in [0.1, 0.15) is 16.5 Å². The molecule has 0 aromatic carbocycles. The minimum absolute atomic E-state index is 0.512. The average molecular weight is 172 g/mol. The van der Waals surface area contributed by atoms with Gasteiger partial charge < -0.3 is 10.2 Å². The molecule has 3 nitrogen and oxygen atoms in total. The minimum atomic E-state index is -1.37. The average Bonchev–Trinajstić information content (AvgIpc) is 2.33. The number of aryl methyl sites for hydroxylation is 1. The van der Waals surface area contributed by atoms with Crippen LogP contribution in [0.5, 0.6) is 0 Å². The van der Waals surface area contributed by atoms with Crippen LogP contribution in [-0.2, 0) is 4.79 Å². The Hall–Kier alpha value is -0.870. The summed E-state index contributed by atoms with van der Waals surface area (Å²) in [5.74, 6) is -1.20. The summed E-state index contributed by atoms with van der Waals surface area (Å²) in [5, 5.41) is 19.3. The Labute approximate surface area is 67.9 Å². The highest BCUT2D eigenvalue weighted by Crippen LogP contribution is 2.23. The third kappa shape index (κ3) is 1.58. The minimum Gasteiger partial charge on any atom is -0.479 e. The molecule has 0 amide bonds. The number of hydrogen-bond acceptors (Lipinski definition) is 3. The van der Waals surface area contributed by atoms with Crippen molar-refractivity contribution in [3.63, 3.8) is 0 Å². The van der Waals surface area contributed by atoms with E-state index in [1.807, 2.05) is 0 Å². The molecule has 0 bridgehead atoms. The fourth-order valence-corrected chi connectivity index (χ4v) is 1.68. The fraction of sp³-hybridized carbons (Fsp3) is 0.286. The maximum Gasteiger partial charge on any atom is 0.338 e. The van der Waals surface area contributed by atoms with E-state index >= 15 is 0 Å². The number of carboxylic acids is 1. The van der Waals surface area contributed by atoms with Gasteiger partial charge in [0.2, 0.25) is 0 Å². The van der Waals surface area contributed by atoms with Crippen molar-refractivity contribution in [2.24, 2.45) is 0 Å². The van der Waals surface area contributed by atoms with Crippen molar-refractivity contribution in [2.45, 2.75) is 13.0 Å². The molecule has 0 aliphatic carbocycles. The summed E-state index contributed by atoms with van der Waals surface area (Å²) >= 11 is 1.26. The van der Waals surface area contributed by atoms with E-state index < -0.39 is 12.1 Å². The van der Waals surface area contributed by atoms with Crippen molar-refractivity contribution in [1.82, 2.24) is 0 Å². The molecule has 1 rings (SSSR count). The van der Waals surface area contributed by atoms with Gasteiger partial charge in [-0.25, -0.2) is 4.79 Å². The summed E-state index contributed by atoms with van der Waals surface area (Å²) in [4.78, 5) is 10.8. The third-order valence-electron chi connectivity index (χ3n) is 1.38. The summed E-state index contributed by atoms with van der Waals surface area (Å²) in [6, 6.07) is 1.78. The van der Waals surface area contributed by atoms with Crippen LogP contribution in [0.15, 0.2) is 11.4 Å². The molecule has 1 aromatic rings. The molecule has 1 unspecified atom stereocenters. The molecule has 0 radical (unpaired) electrons. The van der Waals surface area contributed by atoms with Crippen LogP contribution in [0, 0.1) is 6.92 Å². The fourth-order valence-electron chi connectivity index (χ4n) is 0.777. The van der Waals surface area contributed by atoms with Crippen LogP contribution in [0.4, 0.5) is 0 Å². The standard InChI is InChI=1S/C7H8O3S/c1-4-2-3-11-6(4)5(8)7(9)10/h2-3,5,8H,1H3,(H,9,10). The third-order valence-corrected chi connectivity index (χ3v) is 2.46. The van der Waals surface area contributed by atoms with E-state index in [2.05, 4.69) is 0 Å². The number of hydrogen-bond donors (Lipinski definition) is 2. The molecule has 0 spiro atoms. The Morgan fingerprint density at radius 2 is 2.36 bits per heavy atom. The van der Waals surface area contributed by atoms with E-state index in [0.29, 0.717) is 4.88 Å². The zero-order valence-corrected chi connectivity index (χ0v) is 6.76. The second kappa shape index (κ2) is 3.02. The van der Waals surface area contributed by atoms with E-state index in [4.69, 9.17) is 10.2 Å². The normalized spacial score (nSPS) is 12.9. The Morgan fingerprint density at radius 3 is 2.73 bits per heavy atom. The second-order valence-corrected chi connectivity index (χ2v) is 3.16. The molecule has 1 heterocycles. The lowest BCUT2D eigenvalue weighted by atomic mass is 10.2. The van der Waals surface area contributed by atoms with Crippen molar-refractivity contribution in [3.8, 4) is 0 Å². The van der Waals surface area contributed by atoms with Crippen LogP contribution in [0.2, 0.25) is 0 Å². The van der Waals surface area contributed by atoms with Gasteiger partial charge in [0.25, 0.3) is 0 Å². The number of thiophene rings is 1. The van der Waals surface area contributed by atoms with Crippen molar-refractivity contribution in [1.29, 1.82) is 0 Å². The smallest absolute Gasteiger partial charge is 0.338 e. The molecule has 0 saturated heterocycles. The Bertz CT molecular complexity index is 266. The molecule has 1 aromatic heterocycles. The summed E-state index contributed by atoms with van der Waals surface area (Å²) in [7, 11) is 0. The van der Waals surface area contributed by atoms with E-state index in [1.165, 1.54) is 11.3 Å². The van der Waals surface area contributed by atoms with Crippen LogP contribution >= 0.6 is 11.3 Å². The van der Waals surface area contributed by atoms with Crippen molar-refractivity contribution < 1.29 is 15.0 Å². The number of carboxylic acid groups (broad SMARTS) is 1. The van der Waals surface area contributed by atoms with Crippen LogP contribution < -0.4 is 0 Å². The second-order valence-electron chi connectivity index (χ2n) is 2.21. The molecule has 0 aliphatic rings. The Morgan fingerprint density at radius 1 is 1.73 bits per heavy atom.